The standard InChI is InChI=1S/C19H21IN5O2PS/c1-11-22-18-15(8-17(21-10-26)24-19(18)25(11)28-20)23-14-4-3-12(7-16(14)29-2)13-5-6-27-9-13/h3-4,7-8,10,13,28H,5-6,9H2,1-2H3,(H2,21,23,24,26). The van der Waals surface area contributed by atoms with Crippen molar-refractivity contribution in [2.24, 2.45) is 0 Å². The summed E-state index contributed by atoms with van der Waals surface area (Å²) in [6.45, 7) is 3.59. The van der Waals surface area contributed by atoms with E-state index >= 15 is 0 Å². The molecule has 7 nitrogen and oxygen atoms in total. The minimum atomic E-state index is 0.467. The molecule has 1 aliphatic heterocycles. The molecule has 152 valence electrons. The Hall–Kier alpha value is -1.42. The summed E-state index contributed by atoms with van der Waals surface area (Å²) in [4.78, 5) is 21.4. The molecule has 1 fully saturated rings. The first-order valence-electron chi connectivity index (χ1n) is 9.14. The van der Waals surface area contributed by atoms with Crippen LogP contribution in [0.5, 0.6) is 0 Å². The van der Waals surface area contributed by atoms with Crippen LogP contribution in [0.1, 0.15) is 23.7 Å². The van der Waals surface area contributed by atoms with Gasteiger partial charge in [0.05, 0.1) is 24.4 Å². The van der Waals surface area contributed by atoms with E-state index in [1.807, 2.05) is 13.0 Å². The van der Waals surface area contributed by atoms with Crippen molar-refractivity contribution in [3.05, 3.63) is 35.7 Å². The molecule has 10 heteroatoms. The topological polar surface area (TPSA) is 81.1 Å². The number of carbonyl (C=O) groups excluding carboxylic acids is 1. The van der Waals surface area contributed by atoms with Gasteiger partial charge in [-0.25, -0.2) is 9.97 Å². The van der Waals surface area contributed by atoms with Crippen LogP contribution in [0.3, 0.4) is 0 Å². The zero-order valence-corrected chi connectivity index (χ0v) is 20.0. The van der Waals surface area contributed by atoms with Gasteiger partial charge in [-0.2, -0.15) is 0 Å². The number of amides is 1. The Balaban J connectivity index is 1.75. The summed E-state index contributed by atoms with van der Waals surface area (Å²) in [5.41, 5.74) is 4.70. The van der Waals surface area contributed by atoms with Crippen LogP contribution in [0, 0.1) is 6.92 Å². The number of imidazole rings is 1. The van der Waals surface area contributed by atoms with E-state index in [9.17, 15) is 4.79 Å². The van der Waals surface area contributed by atoms with Crippen LogP contribution in [0.4, 0.5) is 17.2 Å². The Morgan fingerprint density at radius 3 is 2.90 bits per heavy atom. The van der Waals surface area contributed by atoms with Crippen molar-refractivity contribution in [2.75, 3.05) is 30.1 Å². The highest BCUT2D eigenvalue weighted by Gasteiger charge is 2.20. The highest BCUT2D eigenvalue weighted by molar-refractivity contribution is 14.2. The molecule has 1 aliphatic rings. The third kappa shape index (κ3) is 4.23. The lowest BCUT2D eigenvalue weighted by molar-refractivity contribution is -0.105. The van der Waals surface area contributed by atoms with Gasteiger partial charge >= 0.3 is 0 Å². The van der Waals surface area contributed by atoms with Crippen LogP contribution < -0.4 is 10.6 Å². The lowest BCUT2D eigenvalue weighted by atomic mass is 9.98. The van der Waals surface area contributed by atoms with E-state index in [-0.39, 0.29) is 0 Å². The minimum absolute atomic E-state index is 0.467. The number of rotatable bonds is 7. The predicted octanol–water partition coefficient (Wildman–Crippen LogP) is 5.07. The monoisotopic (exact) mass is 541 g/mol. The first-order valence-corrected chi connectivity index (χ1v) is 14.4. The maximum absolute atomic E-state index is 11.0. The third-order valence-corrected chi connectivity index (χ3v) is 7.90. The molecule has 0 spiro atoms. The van der Waals surface area contributed by atoms with Crippen molar-refractivity contribution < 1.29 is 9.53 Å². The summed E-state index contributed by atoms with van der Waals surface area (Å²) < 4.78 is 7.60. The minimum Gasteiger partial charge on any atom is -0.381 e. The van der Waals surface area contributed by atoms with E-state index in [4.69, 9.17) is 9.72 Å². The number of pyridine rings is 1. The highest BCUT2D eigenvalue weighted by atomic mass is 127. The van der Waals surface area contributed by atoms with E-state index in [1.165, 1.54) is 5.56 Å². The molecule has 4 rings (SSSR count). The maximum atomic E-state index is 11.0. The number of benzene rings is 1. The molecule has 2 atom stereocenters. The molecule has 2 unspecified atom stereocenters. The second kappa shape index (κ2) is 9.16. The Labute approximate surface area is 188 Å². The molecule has 0 aliphatic carbocycles. The van der Waals surface area contributed by atoms with Crippen molar-refractivity contribution in [1.29, 1.82) is 0 Å². The van der Waals surface area contributed by atoms with Gasteiger partial charge in [-0.1, -0.05) is 6.07 Å². The van der Waals surface area contributed by atoms with Crippen LogP contribution in [0.15, 0.2) is 29.2 Å². The van der Waals surface area contributed by atoms with Gasteiger partial charge in [-0.05, 0) is 59.3 Å². The number of aromatic nitrogens is 3. The number of nitrogens with one attached hydrogen (secondary N) is 2. The molecule has 2 N–H and O–H groups in total. The fourth-order valence-corrected chi connectivity index (χ4v) is 6.23. The largest absolute Gasteiger partial charge is 0.381 e. The average molecular weight is 541 g/mol. The van der Waals surface area contributed by atoms with Crippen molar-refractivity contribution in [3.8, 4) is 0 Å². The SMILES string of the molecule is CSc1cc(C2CCOC2)ccc1Nc1cc(NC=O)nc2c1nc(C)n2PI. The number of anilines is 3. The summed E-state index contributed by atoms with van der Waals surface area (Å²) in [5, 5.41) is 6.19. The Morgan fingerprint density at radius 2 is 2.21 bits per heavy atom. The van der Waals surface area contributed by atoms with Crippen molar-refractivity contribution >= 4 is 74.9 Å². The fourth-order valence-electron chi connectivity index (χ4n) is 3.49. The van der Waals surface area contributed by atoms with Gasteiger partial charge in [-0.3, -0.25) is 9.13 Å². The van der Waals surface area contributed by atoms with Gasteiger partial charge < -0.3 is 15.4 Å². The van der Waals surface area contributed by atoms with Crippen LogP contribution in [-0.4, -0.2) is 40.2 Å². The van der Waals surface area contributed by atoms with Gasteiger partial charge in [0.15, 0.2) is 5.65 Å². The van der Waals surface area contributed by atoms with Gasteiger partial charge in [0.1, 0.15) is 17.2 Å². The Kier molecular flexibility index (Phi) is 6.58. The van der Waals surface area contributed by atoms with Crippen LogP contribution in [-0.2, 0) is 9.53 Å². The van der Waals surface area contributed by atoms with Crippen molar-refractivity contribution in [2.45, 2.75) is 24.2 Å². The molecular formula is C19H21IN5O2PS. The number of carbonyl (C=O) groups is 1. The number of nitrogens with zero attached hydrogens (tertiary/aromatic N) is 3. The number of hydrogen-bond donors (Lipinski definition) is 2. The van der Waals surface area contributed by atoms with E-state index in [2.05, 4.69) is 66.5 Å². The normalized spacial score (nSPS) is 16.7. The highest BCUT2D eigenvalue weighted by Crippen LogP contribution is 2.38. The van der Waals surface area contributed by atoms with Crippen LogP contribution in [0.25, 0.3) is 11.2 Å². The second-order valence-electron chi connectivity index (χ2n) is 6.71. The Bertz CT molecular complexity index is 1050. The van der Waals surface area contributed by atoms with E-state index < -0.39 is 0 Å². The maximum Gasteiger partial charge on any atom is 0.212 e. The molecule has 0 bridgehead atoms. The van der Waals surface area contributed by atoms with Gasteiger partial charge in [-0.15, -0.1) is 11.8 Å². The number of thioether (sulfide) groups is 1. The number of halogens is 1. The van der Waals surface area contributed by atoms with Crippen LogP contribution >= 0.6 is 40.2 Å². The van der Waals surface area contributed by atoms with Gasteiger partial charge in [0.2, 0.25) is 6.41 Å². The molecular weight excluding hydrogens is 520 g/mol. The molecule has 1 amide bonds. The number of hydrogen-bond acceptors (Lipinski definition) is 6. The summed E-state index contributed by atoms with van der Waals surface area (Å²) in [5.74, 6) is 1.86. The van der Waals surface area contributed by atoms with Gasteiger partial charge in [0, 0.05) is 23.5 Å². The lowest BCUT2D eigenvalue weighted by Crippen LogP contribution is -2.02. The van der Waals surface area contributed by atoms with E-state index in [0.29, 0.717) is 24.5 Å². The number of fused-ring (bicyclic) bond motifs is 1. The lowest BCUT2D eigenvalue weighted by Gasteiger charge is -2.15. The smallest absolute Gasteiger partial charge is 0.212 e. The van der Waals surface area contributed by atoms with E-state index in [1.54, 1.807) is 11.8 Å². The fraction of sp³-hybridized carbons (Fsp3) is 0.316. The average Bonchev–Trinajstić information content (AvgIpc) is 3.36. The summed E-state index contributed by atoms with van der Waals surface area (Å²) in [7, 11) is 0. The molecule has 3 aromatic rings. The molecule has 1 aromatic carbocycles. The number of ether oxygens (including phenoxy) is 1. The van der Waals surface area contributed by atoms with Gasteiger partial charge in [0.25, 0.3) is 0 Å². The van der Waals surface area contributed by atoms with Crippen LogP contribution in [0.2, 0.25) is 0 Å². The molecule has 3 heterocycles. The molecule has 29 heavy (non-hydrogen) atoms. The predicted molar refractivity (Wildman–Crippen MR) is 129 cm³/mol. The Morgan fingerprint density at radius 1 is 1.34 bits per heavy atom. The first kappa shape index (κ1) is 20.8. The second-order valence-corrected chi connectivity index (χ2v) is 9.63. The first-order chi connectivity index (χ1) is 14.1. The zero-order valence-electron chi connectivity index (χ0n) is 16.0. The number of aryl methyl sites for hydroxylation is 1. The molecule has 0 radical (unpaired) electrons. The molecule has 2 aromatic heterocycles. The van der Waals surface area contributed by atoms with Crippen molar-refractivity contribution in [3.63, 3.8) is 0 Å². The summed E-state index contributed by atoms with van der Waals surface area (Å²) in [6, 6.07) is 8.35. The molecule has 0 saturated carbocycles. The molecule has 1 saturated heterocycles. The zero-order chi connectivity index (χ0) is 20.4. The third-order valence-electron chi connectivity index (χ3n) is 4.97. The quantitative estimate of drug-likeness (QED) is 0.188. The summed E-state index contributed by atoms with van der Waals surface area (Å²) in [6.07, 6.45) is 4.26. The van der Waals surface area contributed by atoms with E-state index in [0.717, 1.165) is 52.9 Å². The van der Waals surface area contributed by atoms with Crippen molar-refractivity contribution in [1.82, 2.24) is 14.3 Å². The summed E-state index contributed by atoms with van der Waals surface area (Å²) >= 11 is 4.02.